The molecule has 2 rings (SSSR count). The number of carboxylic acid groups (broad SMARTS) is 2. The van der Waals surface area contributed by atoms with Gasteiger partial charge in [-0.05, 0) is 35.2 Å². The quantitative estimate of drug-likeness (QED) is 0.731. The van der Waals surface area contributed by atoms with Crippen molar-refractivity contribution in [1.82, 2.24) is 5.32 Å². The molecule has 1 heterocycles. The molecule has 5 nitrogen and oxygen atoms in total. The lowest BCUT2D eigenvalue weighted by Gasteiger charge is -2.09. The summed E-state index contributed by atoms with van der Waals surface area (Å²) >= 11 is 1.78. The Morgan fingerprint density at radius 3 is 2.33 bits per heavy atom. The van der Waals surface area contributed by atoms with Gasteiger partial charge in [0.2, 0.25) is 0 Å². The minimum atomic E-state index is -1.82. The Hall–Kier alpha value is -1.40. The molecule has 1 aromatic rings. The van der Waals surface area contributed by atoms with Crippen LogP contribution in [0.25, 0.3) is 0 Å². The lowest BCUT2D eigenvalue weighted by Crippen LogP contribution is -2.24. The third kappa shape index (κ3) is 5.79. The molecular formula is C12H17NO4S. The largest absolute Gasteiger partial charge is 0.473 e. The summed E-state index contributed by atoms with van der Waals surface area (Å²) in [7, 11) is 0. The van der Waals surface area contributed by atoms with Gasteiger partial charge in [0.15, 0.2) is 0 Å². The molecule has 1 aliphatic carbocycles. The molecule has 3 N–H and O–H groups in total. The first-order valence-corrected chi connectivity index (χ1v) is 6.74. The van der Waals surface area contributed by atoms with E-state index in [0.29, 0.717) is 0 Å². The van der Waals surface area contributed by atoms with Crippen LogP contribution in [0, 0.1) is 0 Å². The van der Waals surface area contributed by atoms with E-state index in [1.165, 1.54) is 31.2 Å². The minimum Gasteiger partial charge on any atom is -0.473 e. The summed E-state index contributed by atoms with van der Waals surface area (Å²) in [6.45, 7) is 1.06. The summed E-state index contributed by atoms with van der Waals surface area (Å²) < 4.78 is 0. The van der Waals surface area contributed by atoms with Crippen LogP contribution in [0.5, 0.6) is 0 Å². The average Bonchev–Trinajstić information content (AvgIpc) is 3.00. The van der Waals surface area contributed by atoms with E-state index in [9.17, 15) is 0 Å². The summed E-state index contributed by atoms with van der Waals surface area (Å²) in [5.74, 6) is -3.65. The monoisotopic (exact) mass is 271 g/mol. The number of nitrogens with one attached hydrogen (secondary N) is 1. The van der Waals surface area contributed by atoms with E-state index in [0.717, 1.165) is 12.6 Å². The third-order valence-electron chi connectivity index (χ3n) is 2.71. The molecule has 0 aliphatic heterocycles. The highest BCUT2D eigenvalue weighted by Crippen LogP contribution is 2.18. The fraction of sp³-hybridized carbons (Fsp3) is 0.500. The Labute approximate surface area is 109 Å². The van der Waals surface area contributed by atoms with Crippen molar-refractivity contribution in [2.24, 2.45) is 0 Å². The summed E-state index contributed by atoms with van der Waals surface area (Å²) in [4.78, 5) is 18.2. The van der Waals surface area contributed by atoms with Crippen LogP contribution in [0.3, 0.4) is 0 Å². The normalized spacial score (nSPS) is 14.9. The van der Waals surface area contributed by atoms with Gasteiger partial charge in [0.25, 0.3) is 0 Å². The van der Waals surface area contributed by atoms with Crippen LogP contribution in [0.4, 0.5) is 0 Å². The van der Waals surface area contributed by atoms with E-state index >= 15 is 0 Å². The Morgan fingerprint density at radius 2 is 1.89 bits per heavy atom. The predicted octanol–water partition coefficient (Wildman–Crippen LogP) is 1.94. The molecule has 1 fully saturated rings. The molecule has 0 radical (unpaired) electrons. The van der Waals surface area contributed by atoms with Crippen molar-refractivity contribution >= 4 is 23.3 Å². The Balaban J connectivity index is 0.000000232. The molecule has 0 bridgehead atoms. The van der Waals surface area contributed by atoms with Crippen molar-refractivity contribution in [2.75, 3.05) is 0 Å². The van der Waals surface area contributed by atoms with Gasteiger partial charge in [-0.2, -0.15) is 11.3 Å². The lowest BCUT2D eigenvalue weighted by atomic mass is 10.2. The summed E-state index contributed by atoms with van der Waals surface area (Å²) in [6, 6.07) is 3.00. The number of aliphatic carboxylic acids is 2. The zero-order chi connectivity index (χ0) is 13.4. The van der Waals surface area contributed by atoms with Crippen LogP contribution in [0.15, 0.2) is 16.8 Å². The zero-order valence-electron chi connectivity index (χ0n) is 9.96. The standard InChI is InChI=1S/C10H15NS.C2H2O4/c1-2-4-10(3-1)11-7-9-5-6-12-8-9;3-1(4)2(5)6/h5-6,8,10-11H,1-4,7H2;(H,3,4)(H,5,6). The van der Waals surface area contributed by atoms with E-state index in [1.807, 2.05) is 0 Å². The molecule has 1 aromatic heterocycles. The number of hydrogen-bond acceptors (Lipinski definition) is 4. The fourth-order valence-electron chi connectivity index (χ4n) is 1.79. The molecule has 0 saturated heterocycles. The van der Waals surface area contributed by atoms with Crippen molar-refractivity contribution < 1.29 is 19.8 Å². The van der Waals surface area contributed by atoms with Crippen LogP contribution >= 0.6 is 11.3 Å². The first kappa shape index (κ1) is 14.7. The molecule has 0 aromatic carbocycles. The average molecular weight is 271 g/mol. The number of hydrogen-bond donors (Lipinski definition) is 3. The second-order valence-corrected chi connectivity index (χ2v) is 4.88. The molecule has 0 unspecified atom stereocenters. The molecule has 0 amide bonds. The van der Waals surface area contributed by atoms with E-state index in [2.05, 4.69) is 22.1 Å². The molecule has 6 heteroatoms. The molecular weight excluding hydrogens is 254 g/mol. The Kier molecular flexibility index (Phi) is 6.38. The molecule has 100 valence electrons. The van der Waals surface area contributed by atoms with E-state index in [-0.39, 0.29) is 0 Å². The van der Waals surface area contributed by atoms with Gasteiger partial charge < -0.3 is 15.5 Å². The number of carbonyl (C=O) groups is 2. The minimum absolute atomic E-state index is 0.796. The molecule has 0 spiro atoms. The van der Waals surface area contributed by atoms with Crippen molar-refractivity contribution in [1.29, 1.82) is 0 Å². The Morgan fingerprint density at radius 1 is 1.28 bits per heavy atom. The third-order valence-corrected chi connectivity index (χ3v) is 3.45. The number of thiophene rings is 1. The maximum Gasteiger partial charge on any atom is 0.414 e. The second kappa shape index (κ2) is 7.84. The number of carboxylic acids is 2. The van der Waals surface area contributed by atoms with Crippen LogP contribution in [-0.4, -0.2) is 28.2 Å². The maximum absolute atomic E-state index is 9.10. The van der Waals surface area contributed by atoms with E-state index in [4.69, 9.17) is 19.8 Å². The van der Waals surface area contributed by atoms with Gasteiger partial charge in [0.05, 0.1) is 0 Å². The summed E-state index contributed by atoms with van der Waals surface area (Å²) in [5, 5.41) is 22.7. The smallest absolute Gasteiger partial charge is 0.414 e. The molecule has 1 aliphatic rings. The first-order valence-electron chi connectivity index (χ1n) is 5.80. The van der Waals surface area contributed by atoms with Gasteiger partial charge in [-0.3, -0.25) is 0 Å². The van der Waals surface area contributed by atoms with Crippen molar-refractivity contribution in [3.05, 3.63) is 22.4 Å². The van der Waals surface area contributed by atoms with Gasteiger partial charge >= 0.3 is 11.9 Å². The topological polar surface area (TPSA) is 86.6 Å². The lowest BCUT2D eigenvalue weighted by molar-refractivity contribution is -0.159. The van der Waals surface area contributed by atoms with Gasteiger partial charge in [0, 0.05) is 12.6 Å². The predicted molar refractivity (Wildman–Crippen MR) is 68.7 cm³/mol. The highest BCUT2D eigenvalue weighted by atomic mass is 32.1. The molecule has 18 heavy (non-hydrogen) atoms. The van der Waals surface area contributed by atoms with Crippen molar-refractivity contribution in [3.8, 4) is 0 Å². The highest BCUT2D eigenvalue weighted by molar-refractivity contribution is 7.07. The van der Waals surface area contributed by atoms with Crippen LogP contribution in [0.1, 0.15) is 31.2 Å². The Bertz CT molecular complexity index is 359. The SMILES string of the molecule is O=C(O)C(=O)O.c1cc(CNC2CCCC2)cs1. The first-order chi connectivity index (χ1) is 8.59. The van der Waals surface area contributed by atoms with Gasteiger partial charge in [-0.15, -0.1) is 0 Å². The van der Waals surface area contributed by atoms with Crippen molar-refractivity contribution in [3.63, 3.8) is 0 Å². The number of rotatable bonds is 3. The fourth-order valence-corrected chi connectivity index (χ4v) is 2.45. The van der Waals surface area contributed by atoms with Crippen molar-refractivity contribution in [2.45, 2.75) is 38.3 Å². The molecule has 1 saturated carbocycles. The van der Waals surface area contributed by atoms with E-state index in [1.54, 1.807) is 11.3 Å². The highest BCUT2D eigenvalue weighted by Gasteiger charge is 2.13. The summed E-state index contributed by atoms with van der Waals surface area (Å²) in [5.41, 5.74) is 1.44. The van der Waals surface area contributed by atoms with Gasteiger partial charge in [-0.1, -0.05) is 12.8 Å². The summed E-state index contributed by atoms with van der Waals surface area (Å²) in [6.07, 6.45) is 5.59. The second-order valence-electron chi connectivity index (χ2n) is 4.10. The molecule has 0 atom stereocenters. The zero-order valence-corrected chi connectivity index (χ0v) is 10.8. The van der Waals surface area contributed by atoms with Gasteiger partial charge in [0.1, 0.15) is 0 Å². The van der Waals surface area contributed by atoms with E-state index < -0.39 is 11.9 Å². The van der Waals surface area contributed by atoms with Crippen LogP contribution < -0.4 is 5.32 Å². The van der Waals surface area contributed by atoms with Crippen LogP contribution in [-0.2, 0) is 16.1 Å². The van der Waals surface area contributed by atoms with Crippen LogP contribution in [0.2, 0.25) is 0 Å². The maximum atomic E-state index is 9.10. The van der Waals surface area contributed by atoms with Gasteiger partial charge in [-0.25, -0.2) is 9.59 Å².